The predicted molar refractivity (Wildman–Crippen MR) is 82.4 cm³/mol. The van der Waals surface area contributed by atoms with Crippen LogP contribution in [0.25, 0.3) is 0 Å². The number of hydrogen-bond acceptors (Lipinski definition) is 3. The number of hydrogen-bond donors (Lipinski definition) is 1. The van der Waals surface area contributed by atoms with Gasteiger partial charge < -0.3 is 10.1 Å². The van der Waals surface area contributed by atoms with Crippen molar-refractivity contribution in [2.45, 2.75) is 26.8 Å². The van der Waals surface area contributed by atoms with E-state index in [9.17, 15) is 0 Å². The zero-order chi connectivity index (χ0) is 14.0. The van der Waals surface area contributed by atoms with Crippen molar-refractivity contribution in [2.75, 3.05) is 14.2 Å². The lowest BCUT2D eigenvalue weighted by molar-refractivity contribution is 0.411. The molecule has 1 unspecified atom stereocenters. The summed E-state index contributed by atoms with van der Waals surface area (Å²) in [6.07, 6.45) is 0. The van der Waals surface area contributed by atoms with Crippen molar-refractivity contribution in [2.24, 2.45) is 0 Å². The number of nitrogens with one attached hydrogen (secondary N) is 1. The molecule has 2 aromatic rings. The third-order valence-electron chi connectivity index (χ3n) is 3.43. The van der Waals surface area contributed by atoms with Gasteiger partial charge in [0.25, 0.3) is 0 Å². The Balaban J connectivity index is 2.47. The lowest BCUT2D eigenvalue weighted by atomic mass is 9.97. The smallest absolute Gasteiger partial charge is 0.122 e. The molecule has 1 atom stereocenters. The Labute approximate surface area is 119 Å². The molecule has 3 heteroatoms. The van der Waals surface area contributed by atoms with Gasteiger partial charge in [0.2, 0.25) is 0 Å². The molecule has 0 saturated carbocycles. The van der Waals surface area contributed by atoms with E-state index in [2.05, 4.69) is 50.4 Å². The average Bonchev–Trinajstić information content (AvgIpc) is 2.80. The maximum absolute atomic E-state index is 5.39. The second-order valence-corrected chi connectivity index (χ2v) is 6.17. The molecule has 1 N–H and O–H groups in total. The van der Waals surface area contributed by atoms with Gasteiger partial charge >= 0.3 is 0 Å². The second kappa shape index (κ2) is 5.76. The Bertz CT molecular complexity index is 574. The number of ether oxygens (including phenoxy) is 1. The Kier molecular flexibility index (Phi) is 4.27. The molecule has 0 spiro atoms. The van der Waals surface area contributed by atoms with E-state index in [1.54, 1.807) is 7.11 Å². The summed E-state index contributed by atoms with van der Waals surface area (Å²) in [5, 5.41) is 3.42. The predicted octanol–water partition coefficient (Wildman–Crippen LogP) is 3.99. The molecular formula is C16H21NOS. The lowest BCUT2D eigenvalue weighted by Crippen LogP contribution is -2.17. The number of thiophene rings is 1. The third-order valence-corrected chi connectivity index (χ3v) is 4.49. The van der Waals surface area contributed by atoms with Crippen LogP contribution in [0.15, 0.2) is 24.3 Å². The summed E-state index contributed by atoms with van der Waals surface area (Å²) in [6.45, 7) is 6.38. The van der Waals surface area contributed by atoms with Crippen LogP contribution in [0.4, 0.5) is 0 Å². The van der Waals surface area contributed by atoms with Crippen molar-refractivity contribution < 1.29 is 4.74 Å². The van der Waals surface area contributed by atoms with Gasteiger partial charge in [0.15, 0.2) is 0 Å². The van der Waals surface area contributed by atoms with E-state index >= 15 is 0 Å². The fourth-order valence-electron chi connectivity index (χ4n) is 2.40. The Hall–Kier alpha value is -1.32. The molecule has 0 bridgehead atoms. The topological polar surface area (TPSA) is 21.3 Å². The molecular weight excluding hydrogens is 254 g/mol. The van der Waals surface area contributed by atoms with Crippen molar-refractivity contribution in [3.05, 3.63) is 50.7 Å². The first-order valence-electron chi connectivity index (χ1n) is 6.45. The number of benzene rings is 1. The minimum Gasteiger partial charge on any atom is -0.496 e. The number of aryl methyl sites for hydroxylation is 3. The van der Waals surface area contributed by atoms with E-state index in [1.807, 2.05) is 18.4 Å². The maximum atomic E-state index is 5.39. The summed E-state index contributed by atoms with van der Waals surface area (Å²) >= 11 is 1.85. The fourth-order valence-corrected chi connectivity index (χ4v) is 3.41. The molecule has 0 radical (unpaired) electrons. The highest BCUT2D eigenvalue weighted by Crippen LogP contribution is 2.33. The van der Waals surface area contributed by atoms with Gasteiger partial charge in [-0.2, -0.15) is 0 Å². The maximum Gasteiger partial charge on any atom is 0.122 e. The van der Waals surface area contributed by atoms with Gasteiger partial charge in [-0.3, -0.25) is 0 Å². The average molecular weight is 275 g/mol. The van der Waals surface area contributed by atoms with Crippen molar-refractivity contribution in [1.29, 1.82) is 0 Å². The summed E-state index contributed by atoms with van der Waals surface area (Å²) < 4.78 is 5.39. The summed E-state index contributed by atoms with van der Waals surface area (Å²) in [6, 6.07) is 8.99. The normalized spacial score (nSPS) is 12.5. The van der Waals surface area contributed by atoms with E-state index in [4.69, 9.17) is 4.74 Å². The van der Waals surface area contributed by atoms with Crippen molar-refractivity contribution in [3.8, 4) is 5.75 Å². The van der Waals surface area contributed by atoms with E-state index in [-0.39, 0.29) is 6.04 Å². The molecule has 102 valence electrons. The zero-order valence-electron chi connectivity index (χ0n) is 12.2. The summed E-state index contributed by atoms with van der Waals surface area (Å²) in [5.74, 6) is 0.957. The van der Waals surface area contributed by atoms with Gasteiger partial charge in [0, 0.05) is 9.75 Å². The molecule has 2 rings (SSSR count). The molecule has 0 saturated heterocycles. The van der Waals surface area contributed by atoms with Crippen LogP contribution in [0, 0.1) is 20.8 Å². The van der Waals surface area contributed by atoms with Crippen LogP contribution < -0.4 is 10.1 Å². The van der Waals surface area contributed by atoms with Crippen molar-refractivity contribution in [3.63, 3.8) is 0 Å². The number of rotatable bonds is 4. The van der Waals surface area contributed by atoms with E-state index in [0.717, 1.165) is 5.75 Å². The minimum atomic E-state index is 0.253. The van der Waals surface area contributed by atoms with Gasteiger partial charge in [0.05, 0.1) is 13.2 Å². The molecule has 19 heavy (non-hydrogen) atoms. The molecule has 0 aliphatic rings. The highest BCUT2D eigenvalue weighted by molar-refractivity contribution is 7.12. The van der Waals surface area contributed by atoms with Crippen LogP contribution in [0.5, 0.6) is 5.75 Å². The fraction of sp³-hybridized carbons (Fsp3) is 0.375. The van der Waals surface area contributed by atoms with Gasteiger partial charge in [-0.25, -0.2) is 0 Å². The molecule has 0 aliphatic carbocycles. The quantitative estimate of drug-likeness (QED) is 0.911. The first kappa shape index (κ1) is 14.1. The first-order valence-corrected chi connectivity index (χ1v) is 7.27. The molecule has 1 aromatic carbocycles. The monoisotopic (exact) mass is 275 g/mol. The highest BCUT2D eigenvalue weighted by atomic mass is 32.1. The van der Waals surface area contributed by atoms with Crippen LogP contribution in [0.2, 0.25) is 0 Å². The molecule has 0 fully saturated rings. The van der Waals surface area contributed by atoms with Gasteiger partial charge in [-0.1, -0.05) is 6.07 Å². The van der Waals surface area contributed by atoms with Gasteiger partial charge in [-0.15, -0.1) is 11.3 Å². The van der Waals surface area contributed by atoms with Crippen LogP contribution >= 0.6 is 11.3 Å². The van der Waals surface area contributed by atoms with E-state index < -0.39 is 0 Å². The molecule has 1 aromatic heterocycles. The Morgan fingerprint density at radius 2 is 1.84 bits per heavy atom. The second-order valence-electron chi connectivity index (χ2n) is 4.85. The zero-order valence-corrected chi connectivity index (χ0v) is 13.0. The lowest BCUT2D eigenvalue weighted by Gasteiger charge is -2.19. The van der Waals surface area contributed by atoms with Crippen molar-refractivity contribution in [1.82, 2.24) is 5.32 Å². The molecule has 1 heterocycles. The standard InChI is InChI=1S/C16H21NOS/c1-10-9-14(18-5)11(2)8-13(10)16(17-4)15-7-6-12(3)19-15/h6-9,16-17H,1-5H3. The van der Waals surface area contributed by atoms with Crippen LogP contribution in [0.3, 0.4) is 0 Å². The van der Waals surface area contributed by atoms with Crippen molar-refractivity contribution >= 4 is 11.3 Å². The largest absolute Gasteiger partial charge is 0.496 e. The molecule has 0 amide bonds. The molecule has 0 aliphatic heterocycles. The summed E-state index contributed by atoms with van der Waals surface area (Å²) in [5.41, 5.74) is 3.76. The Morgan fingerprint density at radius 1 is 1.11 bits per heavy atom. The van der Waals surface area contributed by atoms with Gasteiger partial charge in [0.1, 0.15) is 5.75 Å². The SMILES string of the molecule is CNC(c1ccc(C)s1)c1cc(C)c(OC)cc1C. The summed E-state index contributed by atoms with van der Waals surface area (Å²) in [7, 11) is 3.73. The van der Waals surface area contributed by atoms with Gasteiger partial charge in [-0.05, 0) is 62.7 Å². The summed E-state index contributed by atoms with van der Waals surface area (Å²) in [4.78, 5) is 2.70. The van der Waals surface area contributed by atoms with E-state index in [1.165, 1.54) is 26.4 Å². The van der Waals surface area contributed by atoms with Crippen LogP contribution in [-0.4, -0.2) is 14.2 Å². The highest BCUT2D eigenvalue weighted by Gasteiger charge is 2.17. The van der Waals surface area contributed by atoms with E-state index in [0.29, 0.717) is 0 Å². The molecule has 2 nitrogen and oxygen atoms in total. The van der Waals surface area contributed by atoms with Crippen LogP contribution in [-0.2, 0) is 0 Å². The number of methoxy groups -OCH3 is 1. The third kappa shape index (κ3) is 2.82. The first-order chi connectivity index (χ1) is 9.06. The minimum absolute atomic E-state index is 0.253. The Morgan fingerprint density at radius 3 is 2.37 bits per heavy atom. The van der Waals surface area contributed by atoms with Crippen LogP contribution in [0.1, 0.15) is 32.5 Å².